The molecule has 3 rings (SSSR count). The monoisotopic (exact) mass is 292 g/mol. The molecule has 1 fully saturated rings. The largest absolute Gasteiger partial charge is 0.480 e. The number of carbonyl (C=O) groups is 1. The molecule has 2 aromatic heterocycles. The van der Waals surface area contributed by atoms with Gasteiger partial charge in [0, 0.05) is 19.2 Å². The number of piperidine rings is 1. The Hall–Kier alpha value is -2.18. The van der Waals surface area contributed by atoms with Crippen LogP contribution in [-0.4, -0.2) is 52.3 Å². The number of imidazole rings is 1. The number of alkyl halides is 1. The van der Waals surface area contributed by atoms with Gasteiger partial charge in [-0.25, -0.2) is 9.50 Å². The molecule has 0 aromatic carbocycles. The van der Waals surface area contributed by atoms with E-state index in [4.69, 9.17) is 4.74 Å². The van der Waals surface area contributed by atoms with Gasteiger partial charge >= 0.3 is 0 Å². The third kappa shape index (κ3) is 2.55. The van der Waals surface area contributed by atoms with Crippen LogP contribution in [0.3, 0.4) is 0 Å². The van der Waals surface area contributed by atoms with Crippen molar-refractivity contribution in [3.05, 3.63) is 24.0 Å². The maximum Gasteiger partial charge on any atom is 0.274 e. The average Bonchev–Trinajstić information content (AvgIpc) is 2.97. The number of methoxy groups -OCH3 is 1. The molecular weight excluding hydrogens is 275 g/mol. The van der Waals surface area contributed by atoms with Crippen LogP contribution in [0, 0.1) is 5.92 Å². The number of hydrogen-bond acceptors (Lipinski definition) is 4. The molecule has 0 atom stereocenters. The van der Waals surface area contributed by atoms with Gasteiger partial charge in [0.05, 0.1) is 20.0 Å². The van der Waals surface area contributed by atoms with Crippen molar-refractivity contribution in [2.24, 2.45) is 5.92 Å². The lowest BCUT2D eigenvalue weighted by Gasteiger charge is -2.30. The lowest BCUT2D eigenvalue weighted by atomic mass is 9.98. The summed E-state index contributed by atoms with van der Waals surface area (Å²) in [7, 11) is 1.52. The summed E-state index contributed by atoms with van der Waals surface area (Å²) in [5.74, 6) is 0.376. The molecule has 0 radical (unpaired) electrons. The van der Waals surface area contributed by atoms with Gasteiger partial charge in [0.1, 0.15) is 0 Å². The van der Waals surface area contributed by atoms with E-state index in [1.54, 1.807) is 17.0 Å². The van der Waals surface area contributed by atoms with Crippen LogP contribution in [0.1, 0.15) is 23.3 Å². The minimum absolute atomic E-state index is 0.0782. The second-order valence-corrected chi connectivity index (χ2v) is 5.18. The van der Waals surface area contributed by atoms with E-state index in [0.29, 0.717) is 43.2 Å². The van der Waals surface area contributed by atoms with E-state index in [9.17, 15) is 9.18 Å². The summed E-state index contributed by atoms with van der Waals surface area (Å²) >= 11 is 0. The molecular formula is C14H17FN4O2. The Morgan fingerprint density at radius 1 is 1.43 bits per heavy atom. The van der Waals surface area contributed by atoms with Crippen LogP contribution in [-0.2, 0) is 0 Å². The lowest BCUT2D eigenvalue weighted by Crippen LogP contribution is -2.39. The highest BCUT2D eigenvalue weighted by Gasteiger charge is 2.25. The Kier molecular flexibility index (Phi) is 3.72. The van der Waals surface area contributed by atoms with Gasteiger partial charge in [0.25, 0.3) is 5.91 Å². The molecule has 3 heterocycles. The summed E-state index contributed by atoms with van der Waals surface area (Å²) in [4.78, 5) is 18.5. The third-order valence-corrected chi connectivity index (χ3v) is 3.89. The third-order valence-electron chi connectivity index (χ3n) is 3.89. The van der Waals surface area contributed by atoms with Crippen LogP contribution < -0.4 is 4.74 Å². The molecule has 21 heavy (non-hydrogen) atoms. The molecule has 0 bridgehead atoms. The fraction of sp³-hybridized carbons (Fsp3) is 0.500. The van der Waals surface area contributed by atoms with E-state index in [-0.39, 0.29) is 18.5 Å². The zero-order valence-corrected chi connectivity index (χ0v) is 11.8. The van der Waals surface area contributed by atoms with E-state index < -0.39 is 0 Å². The van der Waals surface area contributed by atoms with Crippen LogP contribution in [0.15, 0.2) is 18.3 Å². The van der Waals surface area contributed by atoms with Crippen LogP contribution in [0.4, 0.5) is 4.39 Å². The Morgan fingerprint density at radius 3 is 2.86 bits per heavy atom. The van der Waals surface area contributed by atoms with Crippen LogP contribution in [0.5, 0.6) is 5.88 Å². The van der Waals surface area contributed by atoms with Crippen molar-refractivity contribution in [3.63, 3.8) is 0 Å². The first kappa shape index (κ1) is 13.8. The van der Waals surface area contributed by atoms with Crippen molar-refractivity contribution in [3.8, 4) is 5.88 Å². The Bertz CT molecular complexity index is 649. The first-order chi connectivity index (χ1) is 10.2. The highest BCUT2D eigenvalue weighted by Crippen LogP contribution is 2.20. The minimum Gasteiger partial charge on any atom is -0.480 e. The van der Waals surface area contributed by atoms with Crippen molar-refractivity contribution >= 4 is 11.6 Å². The summed E-state index contributed by atoms with van der Waals surface area (Å²) < 4.78 is 19.2. The van der Waals surface area contributed by atoms with Crippen molar-refractivity contribution in [2.75, 3.05) is 26.9 Å². The maximum atomic E-state index is 12.6. The molecule has 1 aliphatic heterocycles. The molecule has 0 spiro atoms. The van der Waals surface area contributed by atoms with Gasteiger partial charge in [0.15, 0.2) is 11.3 Å². The number of amides is 1. The smallest absolute Gasteiger partial charge is 0.274 e. The highest BCUT2D eigenvalue weighted by atomic mass is 19.1. The van der Waals surface area contributed by atoms with Crippen molar-refractivity contribution < 1.29 is 13.9 Å². The number of rotatable bonds is 3. The molecule has 0 N–H and O–H groups in total. The first-order valence-electron chi connectivity index (χ1n) is 6.97. The number of carbonyl (C=O) groups excluding carboxylic acids is 1. The number of halogens is 1. The number of nitrogens with zero attached hydrogens (tertiary/aromatic N) is 4. The SMILES string of the molecule is COc1ccc2ncc(C(=O)N3CCC(CF)CC3)n2n1. The van der Waals surface area contributed by atoms with E-state index in [1.807, 2.05) is 0 Å². The van der Waals surface area contributed by atoms with E-state index in [2.05, 4.69) is 10.1 Å². The van der Waals surface area contributed by atoms with E-state index >= 15 is 0 Å². The predicted octanol–water partition coefficient (Wildman–Crippen LogP) is 1.56. The van der Waals surface area contributed by atoms with E-state index in [0.717, 1.165) is 0 Å². The van der Waals surface area contributed by atoms with Crippen LogP contribution in [0.2, 0.25) is 0 Å². The lowest BCUT2D eigenvalue weighted by molar-refractivity contribution is 0.0669. The molecule has 1 aliphatic rings. The zero-order valence-electron chi connectivity index (χ0n) is 11.8. The highest BCUT2D eigenvalue weighted by molar-refractivity contribution is 5.93. The topological polar surface area (TPSA) is 59.7 Å². The van der Waals surface area contributed by atoms with Crippen molar-refractivity contribution in [2.45, 2.75) is 12.8 Å². The molecule has 1 saturated heterocycles. The normalized spacial score (nSPS) is 16.4. The number of hydrogen-bond donors (Lipinski definition) is 0. The van der Waals surface area contributed by atoms with Gasteiger partial charge in [-0.2, -0.15) is 0 Å². The molecule has 1 amide bonds. The van der Waals surface area contributed by atoms with Gasteiger partial charge < -0.3 is 9.64 Å². The summed E-state index contributed by atoms with van der Waals surface area (Å²) in [6.45, 7) is 0.839. The Morgan fingerprint density at radius 2 is 2.19 bits per heavy atom. The minimum atomic E-state index is -0.309. The predicted molar refractivity (Wildman–Crippen MR) is 74.1 cm³/mol. The van der Waals surface area contributed by atoms with Gasteiger partial charge in [-0.1, -0.05) is 0 Å². The average molecular weight is 292 g/mol. The van der Waals surface area contributed by atoms with E-state index in [1.165, 1.54) is 17.8 Å². The fourth-order valence-electron chi connectivity index (χ4n) is 2.56. The quantitative estimate of drug-likeness (QED) is 0.861. The zero-order chi connectivity index (χ0) is 14.8. The standard InChI is InChI=1S/C14H17FN4O2/c1-21-13-3-2-12-16-9-11(19(12)17-13)14(20)18-6-4-10(8-15)5-7-18/h2-3,9-10H,4-8H2,1H3. The van der Waals surface area contributed by atoms with Gasteiger partial charge in [0.2, 0.25) is 5.88 Å². The maximum absolute atomic E-state index is 12.6. The van der Waals surface area contributed by atoms with Crippen molar-refractivity contribution in [1.82, 2.24) is 19.5 Å². The summed E-state index contributed by atoms with van der Waals surface area (Å²) in [5, 5.41) is 4.23. The molecule has 112 valence electrons. The second kappa shape index (κ2) is 5.67. The number of fused-ring (bicyclic) bond motifs is 1. The van der Waals surface area contributed by atoms with Crippen molar-refractivity contribution in [1.29, 1.82) is 0 Å². The summed E-state index contributed by atoms with van der Waals surface area (Å²) in [6.07, 6.45) is 2.93. The molecule has 6 nitrogen and oxygen atoms in total. The molecule has 0 unspecified atom stereocenters. The fourth-order valence-corrected chi connectivity index (χ4v) is 2.56. The second-order valence-electron chi connectivity index (χ2n) is 5.18. The Balaban J connectivity index is 1.84. The van der Waals surface area contributed by atoms with Crippen LogP contribution >= 0.6 is 0 Å². The number of aromatic nitrogens is 3. The van der Waals surface area contributed by atoms with Gasteiger partial charge in [-0.05, 0) is 24.8 Å². The number of likely N-dealkylation sites (tertiary alicyclic amines) is 1. The molecule has 0 saturated carbocycles. The molecule has 0 aliphatic carbocycles. The molecule has 2 aromatic rings. The number of ether oxygens (including phenoxy) is 1. The Labute approximate surface area is 121 Å². The van der Waals surface area contributed by atoms with Gasteiger partial charge in [-0.15, -0.1) is 5.10 Å². The van der Waals surface area contributed by atoms with Crippen LogP contribution in [0.25, 0.3) is 5.65 Å². The summed E-state index contributed by atoms with van der Waals surface area (Å²) in [5.41, 5.74) is 1.00. The van der Waals surface area contributed by atoms with Gasteiger partial charge in [-0.3, -0.25) is 9.18 Å². The molecule has 7 heteroatoms. The first-order valence-corrected chi connectivity index (χ1v) is 6.97. The summed E-state index contributed by atoms with van der Waals surface area (Å²) in [6, 6.07) is 3.45.